The first-order valence-corrected chi connectivity index (χ1v) is 13.2. The molecule has 4 amide bonds. The Morgan fingerprint density at radius 1 is 1.02 bits per heavy atom. The fourth-order valence-corrected chi connectivity index (χ4v) is 4.70. The molecular weight excluding hydrogens is 536 g/mol. The van der Waals surface area contributed by atoms with Crippen molar-refractivity contribution in [1.29, 1.82) is 0 Å². The summed E-state index contributed by atoms with van der Waals surface area (Å²) >= 11 is 0. The van der Waals surface area contributed by atoms with Crippen molar-refractivity contribution >= 4 is 23.6 Å². The number of carbonyl (C=O) groups is 4. The van der Waals surface area contributed by atoms with Gasteiger partial charge in [0.05, 0.1) is 12.5 Å². The summed E-state index contributed by atoms with van der Waals surface area (Å²) in [5.74, 6) is -3.84. The van der Waals surface area contributed by atoms with Gasteiger partial charge in [-0.1, -0.05) is 41.6 Å². The van der Waals surface area contributed by atoms with Crippen LogP contribution >= 0.6 is 0 Å². The molecule has 0 spiro atoms. The number of nitrogens with one attached hydrogen (secondary N) is 3. The molecule has 216 valence electrons. The van der Waals surface area contributed by atoms with Crippen LogP contribution < -0.4 is 16.0 Å². The number of likely N-dealkylation sites (tertiary alicyclic amines) is 1. The Morgan fingerprint density at radius 2 is 1.73 bits per heavy atom. The second-order valence-corrected chi connectivity index (χ2v) is 9.86. The Bertz CT molecular complexity index is 1390. The van der Waals surface area contributed by atoms with Gasteiger partial charge < -0.3 is 25.4 Å². The Morgan fingerprint density at radius 3 is 2.39 bits per heavy atom. The molecule has 41 heavy (non-hydrogen) atoms. The van der Waals surface area contributed by atoms with Crippen molar-refractivity contribution in [2.45, 2.75) is 57.8 Å². The molecule has 2 aromatic carbocycles. The molecule has 0 unspecified atom stereocenters. The van der Waals surface area contributed by atoms with Gasteiger partial charge in [0, 0.05) is 24.7 Å². The van der Waals surface area contributed by atoms with Crippen LogP contribution in [0.5, 0.6) is 0 Å². The molecule has 0 saturated carbocycles. The molecule has 0 radical (unpaired) electrons. The number of aryl methyl sites for hydroxylation is 1. The Labute approximate surface area is 235 Å². The summed E-state index contributed by atoms with van der Waals surface area (Å²) in [5, 5.41) is 11.0. The number of hydrogen-bond donors (Lipinski definition) is 3. The molecular formula is C29H31F2N5O5. The minimum atomic E-state index is -1.34. The molecule has 1 aromatic heterocycles. The molecule has 10 nitrogen and oxygen atoms in total. The van der Waals surface area contributed by atoms with Crippen LogP contribution in [0.2, 0.25) is 0 Å². The monoisotopic (exact) mass is 567 g/mol. The lowest BCUT2D eigenvalue weighted by Crippen LogP contribution is -2.54. The predicted molar refractivity (Wildman–Crippen MR) is 143 cm³/mol. The van der Waals surface area contributed by atoms with E-state index in [1.165, 1.54) is 19.1 Å². The number of aromatic nitrogens is 1. The zero-order chi connectivity index (χ0) is 29.5. The summed E-state index contributed by atoms with van der Waals surface area (Å²) in [5.41, 5.74) is 0.573. The normalized spacial score (nSPS) is 16.1. The summed E-state index contributed by atoms with van der Waals surface area (Å²) < 4.78 is 32.8. The van der Waals surface area contributed by atoms with Crippen molar-refractivity contribution in [2.24, 2.45) is 0 Å². The Hall–Kier alpha value is -4.61. The van der Waals surface area contributed by atoms with Gasteiger partial charge in [-0.2, -0.15) is 0 Å². The number of benzene rings is 2. The van der Waals surface area contributed by atoms with Crippen molar-refractivity contribution in [2.75, 3.05) is 6.54 Å². The van der Waals surface area contributed by atoms with Crippen molar-refractivity contribution < 1.29 is 32.5 Å². The van der Waals surface area contributed by atoms with E-state index in [2.05, 4.69) is 21.1 Å². The van der Waals surface area contributed by atoms with Crippen LogP contribution in [0.3, 0.4) is 0 Å². The maximum Gasteiger partial charge on any atom is 0.274 e. The molecule has 1 fully saturated rings. The van der Waals surface area contributed by atoms with E-state index < -0.39 is 48.0 Å². The van der Waals surface area contributed by atoms with Crippen molar-refractivity contribution in [3.63, 3.8) is 0 Å². The summed E-state index contributed by atoms with van der Waals surface area (Å²) in [7, 11) is 0. The fraction of sp³-hybridized carbons (Fsp3) is 0.345. The van der Waals surface area contributed by atoms with Crippen LogP contribution in [0.25, 0.3) is 0 Å². The smallest absolute Gasteiger partial charge is 0.274 e. The number of halogens is 2. The zero-order valence-electron chi connectivity index (χ0n) is 22.7. The van der Waals surface area contributed by atoms with E-state index in [-0.39, 0.29) is 29.6 Å². The van der Waals surface area contributed by atoms with E-state index in [1.807, 2.05) is 30.3 Å². The van der Waals surface area contributed by atoms with Crippen LogP contribution in [-0.4, -0.2) is 52.3 Å². The maximum absolute atomic E-state index is 13.9. The Kier molecular flexibility index (Phi) is 9.43. The van der Waals surface area contributed by atoms with Gasteiger partial charge in [-0.05, 0) is 44.4 Å². The van der Waals surface area contributed by atoms with Gasteiger partial charge in [0.2, 0.25) is 17.7 Å². The molecule has 1 aliphatic heterocycles. The number of carbonyl (C=O) groups excluding carboxylic acids is 4. The highest BCUT2D eigenvalue weighted by Gasteiger charge is 2.34. The molecule has 2 heterocycles. The standard InChI is InChI=1S/C29H31F2N5O5/c1-17-14-24(35-41-17)29(40)34-23(15-26(37)36-13-7-12-25(36)19-8-4-3-5-9-19)28(39)33-18(2)27(38)32-16-20-21(30)10-6-11-22(20)31/h3-6,8-11,14,18,23,25H,7,12-13,15-16H2,1-2H3,(H,32,38)(H,33,39)(H,34,40)/t18-,23-,25+/m0/s1. The second-order valence-electron chi connectivity index (χ2n) is 9.86. The summed E-state index contributed by atoms with van der Waals surface area (Å²) in [6.45, 7) is 3.03. The molecule has 1 saturated heterocycles. The van der Waals surface area contributed by atoms with Crippen LogP contribution in [0.1, 0.15) is 59.6 Å². The highest BCUT2D eigenvalue weighted by molar-refractivity contribution is 5.98. The molecule has 3 aromatic rings. The third kappa shape index (κ3) is 7.33. The quantitative estimate of drug-likeness (QED) is 0.345. The number of hydrogen-bond acceptors (Lipinski definition) is 6. The molecule has 0 bridgehead atoms. The number of nitrogens with zero attached hydrogens (tertiary/aromatic N) is 2. The van der Waals surface area contributed by atoms with Crippen LogP contribution in [-0.2, 0) is 20.9 Å². The topological polar surface area (TPSA) is 134 Å². The second kappa shape index (κ2) is 13.2. The number of amides is 4. The van der Waals surface area contributed by atoms with Gasteiger partial charge in [-0.25, -0.2) is 8.78 Å². The average Bonchev–Trinajstić information content (AvgIpc) is 3.62. The average molecular weight is 568 g/mol. The lowest BCUT2D eigenvalue weighted by molar-refractivity contribution is -0.136. The molecule has 1 aliphatic rings. The minimum Gasteiger partial charge on any atom is -0.361 e. The summed E-state index contributed by atoms with van der Waals surface area (Å²) in [6, 6.07) is 11.6. The Balaban J connectivity index is 1.45. The van der Waals surface area contributed by atoms with E-state index in [4.69, 9.17) is 4.52 Å². The van der Waals surface area contributed by atoms with E-state index in [0.29, 0.717) is 12.3 Å². The van der Waals surface area contributed by atoms with Gasteiger partial charge >= 0.3 is 0 Å². The fourth-order valence-electron chi connectivity index (χ4n) is 4.70. The number of rotatable bonds is 10. The van der Waals surface area contributed by atoms with Gasteiger partial charge in [0.25, 0.3) is 5.91 Å². The van der Waals surface area contributed by atoms with Crippen molar-refractivity contribution in [3.05, 3.63) is 88.8 Å². The van der Waals surface area contributed by atoms with E-state index in [0.717, 1.165) is 30.5 Å². The zero-order valence-corrected chi connectivity index (χ0v) is 22.7. The highest BCUT2D eigenvalue weighted by Crippen LogP contribution is 2.32. The first-order chi connectivity index (χ1) is 19.6. The lowest BCUT2D eigenvalue weighted by atomic mass is 10.0. The molecule has 3 N–H and O–H groups in total. The molecule has 4 rings (SSSR count). The van der Waals surface area contributed by atoms with Crippen molar-refractivity contribution in [3.8, 4) is 0 Å². The van der Waals surface area contributed by atoms with Crippen LogP contribution in [0.4, 0.5) is 8.78 Å². The van der Waals surface area contributed by atoms with E-state index in [1.54, 1.807) is 11.8 Å². The first-order valence-electron chi connectivity index (χ1n) is 13.2. The van der Waals surface area contributed by atoms with Crippen molar-refractivity contribution in [1.82, 2.24) is 26.0 Å². The molecule has 3 atom stereocenters. The molecule has 12 heteroatoms. The largest absolute Gasteiger partial charge is 0.361 e. The first kappa shape index (κ1) is 29.4. The van der Waals surface area contributed by atoms with Gasteiger partial charge in [-0.3, -0.25) is 19.2 Å². The van der Waals surface area contributed by atoms with Gasteiger partial charge in [0.15, 0.2) is 5.69 Å². The molecule has 0 aliphatic carbocycles. The predicted octanol–water partition coefficient (Wildman–Crippen LogP) is 2.93. The van der Waals surface area contributed by atoms with Crippen LogP contribution in [0.15, 0.2) is 59.1 Å². The van der Waals surface area contributed by atoms with E-state index >= 15 is 0 Å². The third-order valence-corrected chi connectivity index (χ3v) is 6.87. The summed E-state index contributed by atoms with van der Waals surface area (Å²) in [6.07, 6.45) is 1.18. The van der Waals surface area contributed by atoms with Crippen LogP contribution in [0, 0.1) is 18.6 Å². The van der Waals surface area contributed by atoms with E-state index in [9.17, 15) is 28.0 Å². The summed E-state index contributed by atoms with van der Waals surface area (Å²) in [4.78, 5) is 53.8. The van der Waals surface area contributed by atoms with Gasteiger partial charge in [-0.15, -0.1) is 0 Å². The SMILES string of the molecule is Cc1cc(C(=O)N[C@@H](CC(=O)N2CCC[C@@H]2c2ccccc2)C(=O)N[C@@H](C)C(=O)NCc2c(F)cccc2F)no1. The minimum absolute atomic E-state index is 0.0752. The highest BCUT2D eigenvalue weighted by atomic mass is 19.1. The van der Waals surface area contributed by atoms with Gasteiger partial charge in [0.1, 0.15) is 29.5 Å². The maximum atomic E-state index is 13.9. The third-order valence-electron chi connectivity index (χ3n) is 6.87. The lowest BCUT2D eigenvalue weighted by Gasteiger charge is -2.27.